The van der Waals surface area contributed by atoms with Gasteiger partial charge in [-0.05, 0) is 37.0 Å². The number of aliphatic hydroxyl groups is 1. The van der Waals surface area contributed by atoms with Crippen LogP contribution in [-0.4, -0.2) is 37.5 Å². The summed E-state index contributed by atoms with van der Waals surface area (Å²) in [6, 6.07) is 4.94. The molecular formula is C17H24F3NO2. The van der Waals surface area contributed by atoms with Crippen molar-refractivity contribution in [2.24, 2.45) is 5.41 Å². The SMILES string of the molecule is CC1(CNCC(O)Cc2ccc(C(F)(F)F)cc2)CCCOC1. The standard InChI is InChI=1S/C17H24F3NO2/c1-16(7-2-8-23-12-16)11-21-10-15(22)9-13-3-5-14(6-4-13)17(18,19)20/h3-6,15,21-22H,2,7-12H2,1H3. The van der Waals surface area contributed by atoms with Crippen molar-refractivity contribution in [3.05, 3.63) is 35.4 Å². The van der Waals surface area contributed by atoms with Gasteiger partial charge in [0.1, 0.15) is 0 Å². The fraction of sp³-hybridized carbons (Fsp3) is 0.647. The number of rotatable bonds is 6. The van der Waals surface area contributed by atoms with Gasteiger partial charge in [-0.2, -0.15) is 13.2 Å². The summed E-state index contributed by atoms with van der Waals surface area (Å²) < 4.78 is 43.0. The third-order valence-corrected chi connectivity index (χ3v) is 4.20. The summed E-state index contributed by atoms with van der Waals surface area (Å²) in [6.45, 7) is 4.86. The summed E-state index contributed by atoms with van der Waals surface area (Å²) in [5.41, 5.74) is 0.116. The summed E-state index contributed by atoms with van der Waals surface area (Å²) in [4.78, 5) is 0. The number of benzene rings is 1. The highest BCUT2D eigenvalue weighted by Gasteiger charge is 2.30. The topological polar surface area (TPSA) is 41.5 Å². The van der Waals surface area contributed by atoms with Crippen molar-refractivity contribution in [1.82, 2.24) is 5.32 Å². The van der Waals surface area contributed by atoms with Crippen LogP contribution in [0.3, 0.4) is 0 Å². The lowest BCUT2D eigenvalue weighted by Gasteiger charge is -2.33. The van der Waals surface area contributed by atoms with Crippen LogP contribution in [-0.2, 0) is 17.3 Å². The van der Waals surface area contributed by atoms with Crippen molar-refractivity contribution in [2.45, 2.75) is 38.5 Å². The van der Waals surface area contributed by atoms with Crippen molar-refractivity contribution in [2.75, 3.05) is 26.3 Å². The van der Waals surface area contributed by atoms with Crippen LogP contribution in [0, 0.1) is 5.41 Å². The van der Waals surface area contributed by atoms with Crippen LogP contribution in [0.2, 0.25) is 0 Å². The van der Waals surface area contributed by atoms with Crippen molar-refractivity contribution < 1.29 is 23.0 Å². The lowest BCUT2D eigenvalue weighted by atomic mass is 9.85. The average Bonchev–Trinajstić information content (AvgIpc) is 2.47. The minimum atomic E-state index is -4.32. The van der Waals surface area contributed by atoms with E-state index >= 15 is 0 Å². The van der Waals surface area contributed by atoms with Gasteiger partial charge in [0.05, 0.1) is 18.3 Å². The van der Waals surface area contributed by atoms with E-state index in [-0.39, 0.29) is 5.41 Å². The zero-order valence-corrected chi connectivity index (χ0v) is 13.3. The quantitative estimate of drug-likeness (QED) is 0.842. The van der Waals surface area contributed by atoms with E-state index in [9.17, 15) is 18.3 Å². The molecule has 0 radical (unpaired) electrons. The lowest BCUT2D eigenvalue weighted by Crippen LogP contribution is -2.41. The Labute approximate surface area is 134 Å². The highest BCUT2D eigenvalue weighted by molar-refractivity contribution is 5.25. The second-order valence-electron chi connectivity index (χ2n) is 6.65. The molecule has 1 fully saturated rings. The highest BCUT2D eigenvalue weighted by atomic mass is 19.4. The first kappa shape index (κ1) is 18.2. The normalized spacial score (nSPS) is 23.7. The van der Waals surface area contributed by atoms with Gasteiger partial charge in [0, 0.05) is 25.1 Å². The molecule has 0 spiro atoms. The maximum Gasteiger partial charge on any atom is 0.416 e. The van der Waals surface area contributed by atoms with E-state index in [4.69, 9.17) is 4.74 Å². The van der Waals surface area contributed by atoms with Crippen molar-refractivity contribution in [1.29, 1.82) is 0 Å². The van der Waals surface area contributed by atoms with Gasteiger partial charge < -0.3 is 15.2 Å². The molecule has 1 aliphatic heterocycles. The zero-order valence-electron chi connectivity index (χ0n) is 13.3. The average molecular weight is 331 g/mol. The lowest BCUT2D eigenvalue weighted by molar-refractivity contribution is -0.137. The van der Waals surface area contributed by atoms with E-state index in [1.165, 1.54) is 12.1 Å². The van der Waals surface area contributed by atoms with Crippen LogP contribution in [0.4, 0.5) is 13.2 Å². The van der Waals surface area contributed by atoms with Gasteiger partial charge in [0.25, 0.3) is 0 Å². The minimum Gasteiger partial charge on any atom is -0.391 e. The van der Waals surface area contributed by atoms with Crippen LogP contribution >= 0.6 is 0 Å². The van der Waals surface area contributed by atoms with Crippen molar-refractivity contribution >= 4 is 0 Å². The molecule has 0 saturated carbocycles. The summed E-state index contributed by atoms with van der Waals surface area (Å²) in [5.74, 6) is 0. The van der Waals surface area contributed by atoms with E-state index in [0.717, 1.165) is 44.7 Å². The molecule has 1 aromatic carbocycles. The number of hydrogen-bond acceptors (Lipinski definition) is 3. The highest BCUT2D eigenvalue weighted by Crippen LogP contribution is 2.29. The Morgan fingerprint density at radius 3 is 2.57 bits per heavy atom. The van der Waals surface area contributed by atoms with Gasteiger partial charge in [-0.1, -0.05) is 19.1 Å². The Morgan fingerprint density at radius 2 is 2.00 bits per heavy atom. The molecule has 1 heterocycles. The predicted octanol–water partition coefficient (Wildman–Crippen LogP) is 3.02. The second-order valence-corrected chi connectivity index (χ2v) is 6.65. The van der Waals surface area contributed by atoms with Crippen LogP contribution in [0.15, 0.2) is 24.3 Å². The van der Waals surface area contributed by atoms with Crippen LogP contribution in [0.25, 0.3) is 0 Å². The molecule has 1 aliphatic rings. The van der Waals surface area contributed by atoms with Gasteiger partial charge in [-0.25, -0.2) is 0 Å². The molecule has 0 aliphatic carbocycles. The fourth-order valence-electron chi connectivity index (χ4n) is 2.85. The fourth-order valence-corrected chi connectivity index (χ4v) is 2.85. The first-order chi connectivity index (χ1) is 10.8. The Morgan fingerprint density at radius 1 is 1.30 bits per heavy atom. The Balaban J connectivity index is 1.75. The molecular weight excluding hydrogens is 307 g/mol. The van der Waals surface area contributed by atoms with Crippen LogP contribution in [0.1, 0.15) is 30.9 Å². The molecule has 0 bridgehead atoms. The van der Waals surface area contributed by atoms with Gasteiger partial charge in [-0.3, -0.25) is 0 Å². The monoisotopic (exact) mass is 331 g/mol. The maximum atomic E-state index is 12.5. The smallest absolute Gasteiger partial charge is 0.391 e. The van der Waals surface area contributed by atoms with E-state index < -0.39 is 17.8 Å². The number of hydrogen-bond donors (Lipinski definition) is 2. The summed E-state index contributed by atoms with van der Waals surface area (Å²) in [6.07, 6.45) is -2.48. The Bertz CT molecular complexity index is 482. The summed E-state index contributed by atoms with van der Waals surface area (Å²) in [7, 11) is 0. The zero-order chi connectivity index (χ0) is 16.9. The second kappa shape index (κ2) is 7.64. The molecule has 23 heavy (non-hydrogen) atoms. The maximum absolute atomic E-state index is 12.5. The molecule has 0 aromatic heterocycles. The first-order valence-corrected chi connectivity index (χ1v) is 7.91. The van der Waals surface area contributed by atoms with E-state index in [1.807, 2.05) is 0 Å². The molecule has 0 amide bonds. The van der Waals surface area contributed by atoms with E-state index in [1.54, 1.807) is 0 Å². The van der Waals surface area contributed by atoms with Crippen LogP contribution in [0.5, 0.6) is 0 Å². The predicted molar refractivity (Wildman–Crippen MR) is 82.2 cm³/mol. The third kappa shape index (κ3) is 5.79. The Hall–Kier alpha value is -1.11. The minimum absolute atomic E-state index is 0.0896. The number of nitrogens with one attached hydrogen (secondary N) is 1. The number of halogens is 3. The van der Waals surface area contributed by atoms with E-state index in [0.29, 0.717) is 18.5 Å². The molecule has 6 heteroatoms. The summed E-state index contributed by atoms with van der Waals surface area (Å²) >= 11 is 0. The molecule has 1 saturated heterocycles. The van der Waals surface area contributed by atoms with Gasteiger partial charge in [-0.15, -0.1) is 0 Å². The Kier molecular flexibility index (Phi) is 6.06. The molecule has 130 valence electrons. The largest absolute Gasteiger partial charge is 0.416 e. The molecule has 2 N–H and O–H groups in total. The molecule has 1 aromatic rings. The van der Waals surface area contributed by atoms with Gasteiger partial charge >= 0.3 is 6.18 Å². The summed E-state index contributed by atoms with van der Waals surface area (Å²) in [5, 5.41) is 13.3. The van der Waals surface area contributed by atoms with E-state index in [2.05, 4.69) is 12.2 Å². The number of alkyl halides is 3. The molecule has 2 rings (SSSR count). The molecule has 3 nitrogen and oxygen atoms in total. The molecule has 2 atom stereocenters. The van der Waals surface area contributed by atoms with Crippen molar-refractivity contribution in [3.63, 3.8) is 0 Å². The number of ether oxygens (including phenoxy) is 1. The number of aliphatic hydroxyl groups excluding tert-OH is 1. The van der Waals surface area contributed by atoms with Crippen molar-refractivity contribution in [3.8, 4) is 0 Å². The third-order valence-electron chi connectivity index (χ3n) is 4.20. The van der Waals surface area contributed by atoms with Crippen LogP contribution < -0.4 is 5.32 Å². The van der Waals surface area contributed by atoms with Gasteiger partial charge in [0.2, 0.25) is 0 Å². The molecule has 2 unspecified atom stereocenters. The van der Waals surface area contributed by atoms with Gasteiger partial charge in [0.15, 0.2) is 0 Å². The first-order valence-electron chi connectivity index (χ1n) is 7.91.